The molecular weight excluding hydrogens is 777 g/mol. The van der Waals surface area contributed by atoms with Gasteiger partial charge in [-0.2, -0.15) is 28.1 Å². The fourth-order valence-electron chi connectivity index (χ4n) is 6.35. The molecule has 5 aromatic rings. The smallest absolute Gasteiger partial charge is 0.422 e. The minimum absolute atomic E-state index is 0.000706. The molecule has 7 rings (SSSR count). The summed E-state index contributed by atoms with van der Waals surface area (Å²) in [6, 6.07) is 24.8. The van der Waals surface area contributed by atoms with Gasteiger partial charge < -0.3 is 31.3 Å². The predicted octanol–water partition coefficient (Wildman–Crippen LogP) is 7.03. The summed E-state index contributed by atoms with van der Waals surface area (Å²) in [5, 5.41) is 14.8. The number of hydrogen-bond donors (Lipinski definition) is 5. The number of fused-ring (bicyclic) bond motifs is 3. The molecule has 1 heterocycles. The number of rotatable bonds is 13. The minimum atomic E-state index is -4.62. The van der Waals surface area contributed by atoms with Crippen LogP contribution in [-0.4, -0.2) is 64.3 Å². The van der Waals surface area contributed by atoms with Crippen molar-refractivity contribution in [2.24, 2.45) is 5.41 Å². The minimum Gasteiger partial charge on any atom is -0.454 e. The molecule has 2 aliphatic carbocycles. The molecule has 3 amide bonds. The van der Waals surface area contributed by atoms with Crippen LogP contribution in [0.4, 0.5) is 36.4 Å². The van der Waals surface area contributed by atoms with Crippen LogP contribution in [-0.2, 0) is 15.1 Å². The molecule has 0 atom stereocenters. The molecule has 4 aromatic carbocycles. The van der Waals surface area contributed by atoms with Gasteiger partial charge in [0.15, 0.2) is 12.4 Å². The van der Waals surface area contributed by atoms with Crippen LogP contribution in [0, 0.1) is 5.41 Å². The van der Waals surface area contributed by atoms with Gasteiger partial charge in [0.05, 0.1) is 5.54 Å². The van der Waals surface area contributed by atoms with Gasteiger partial charge in [0, 0.05) is 51.7 Å². The Kier molecular flexibility index (Phi) is 10.8. The highest BCUT2D eigenvalue weighted by Gasteiger charge is 2.45. The molecular formula is C41H36ClF3N8O5. The van der Waals surface area contributed by atoms with Gasteiger partial charge in [0.25, 0.3) is 5.91 Å². The highest BCUT2D eigenvalue weighted by Crippen LogP contribution is 2.48. The van der Waals surface area contributed by atoms with Gasteiger partial charge in [-0.15, -0.1) is 0 Å². The third kappa shape index (κ3) is 9.18. The Labute approximate surface area is 335 Å². The van der Waals surface area contributed by atoms with Crippen LogP contribution in [0.1, 0.15) is 58.5 Å². The van der Waals surface area contributed by atoms with E-state index in [1.54, 1.807) is 80.6 Å². The second-order valence-corrected chi connectivity index (χ2v) is 15.1. The zero-order valence-electron chi connectivity index (χ0n) is 31.1. The molecule has 17 heteroatoms. The van der Waals surface area contributed by atoms with Crippen molar-refractivity contribution in [1.29, 1.82) is 0 Å². The lowest BCUT2D eigenvalue weighted by Crippen LogP contribution is -2.45. The summed E-state index contributed by atoms with van der Waals surface area (Å²) < 4.78 is 43.8. The normalized spacial score (nSPS) is 13.8. The second kappa shape index (κ2) is 15.8. The molecule has 0 aliphatic heterocycles. The summed E-state index contributed by atoms with van der Waals surface area (Å²) in [6.45, 7) is 2.19. The molecule has 0 bridgehead atoms. The van der Waals surface area contributed by atoms with Crippen LogP contribution in [0.25, 0.3) is 11.1 Å². The first-order valence-electron chi connectivity index (χ1n) is 18.1. The molecule has 0 saturated heterocycles. The van der Waals surface area contributed by atoms with Crippen molar-refractivity contribution in [2.45, 2.75) is 38.4 Å². The Morgan fingerprint density at radius 1 is 0.776 bits per heavy atom. The van der Waals surface area contributed by atoms with Crippen LogP contribution in [0.3, 0.4) is 0 Å². The second-order valence-electron chi connectivity index (χ2n) is 14.7. The first kappa shape index (κ1) is 39.7. The number of carbonyl (C=O) groups excluding carboxylic acids is 4. The summed E-state index contributed by atoms with van der Waals surface area (Å²) in [5.74, 6) is -2.45. The number of aromatic nitrogens is 3. The van der Waals surface area contributed by atoms with Gasteiger partial charge in [-0.25, -0.2) is 0 Å². The molecule has 1 fully saturated rings. The predicted molar refractivity (Wildman–Crippen MR) is 210 cm³/mol. The number of nitrogens with one attached hydrogen (secondary N) is 5. The van der Waals surface area contributed by atoms with Gasteiger partial charge in [0.2, 0.25) is 11.9 Å². The summed E-state index contributed by atoms with van der Waals surface area (Å²) in [6.07, 6.45) is -3.16. The van der Waals surface area contributed by atoms with Crippen LogP contribution in [0.15, 0.2) is 91.0 Å². The van der Waals surface area contributed by atoms with Crippen LogP contribution >= 0.6 is 11.6 Å². The summed E-state index contributed by atoms with van der Waals surface area (Å²) in [5.41, 5.74) is 2.97. The van der Waals surface area contributed by atoms with Crippen molar-refractivity contribution >= 4 is 58.4 Å². The zero-order chi connectivity index (χ0) is 41.2. The number of anilines is 4. The Morgan fingerprint density at radius 2 is 1.43 bits per heavy atom. The Balaban J connectivity index is 0.935. The quantitative estimate of drug-likeness (QED) is 0.0762. The zero-order valence-corrected chi connectivity index (χ0v) is 31.8. The number of amides is 3. The van der Waals surface area contributed by atoms with Gasteiger partial charge in [0.1, 0.15) is 0 Å². The molecule has 1 aromatic heterocycles. The van der Waals surface area contributed by atoms with E-state index in [0.717, 1.165) is 18.4 Å². The van der Waals surface area contributed by atoms with E-state index in [9.17, 15) is 32.3 Å². The summed E-state index contributed by atoms with van der Waals surface area (Å²) in [7, 11) is 0. The van der Waals surface area contributed by atoms with Crippen molar-refractivity contribution in [2.75, 3.05) is 35.6 Å². The maximum absolute atomic E-state index is 13.1. The van der Waals surface area contributed by atoms with Gasteiger partial charge >= 0.3 is 24.0 Å². The molecule has 2 aliphatic rings. The van der Waals surface area contributed by atoms with E-state index < -0.39 is 47.5 Å². The maximum Gasteiger partial charge on any atom is 0.422 e. The number of benzene rings is 4. The van der Waals surface area contributed by atoms with Gasteiger partial charge in [-0.05, 0) is 71.8 Å². The average molecular weight is 813 g/mol. The molecule has 5 N–H and O–H groups in total. The lowest BCUT2D eigenvalue weighted by Gasteiger charge is -2.25. The highest BCUT2D eigenvalue weighted by atomic mass is 35.5. The van der Waals surface area contributed by atoms with E-state index in [4.69, 9.17) is 16.3 Å². The largest absolute Gasteiger partial charge is 0.454 e. The van der Waals surface area contributed by atoms with E-state index in [1.165, 1.54) is 12.1 Å². The Hall–Kier alpha value is -6.55. The topological polar surface area (TPSA) is 176 Å². The number of carbonyl (C=O) groups is 4. The third-order valence-electron chi connectivity index (χ3n) is 9.54. The fourth-order valence-corrected chi connectivity index (χ4v) is 6.48. The summed E-state index contributed by atoms with van der Waals surface area (Å²) >= 11 is 6.04. The van der Waals surface area contributed by atoms with Crippen molar-refractivity contribution in [3.05, 3.63) is 118 Å². The Morgan fingerprint density at radius 3 is 2.12 bits per heavy atom. The third-order valence-corrected chi connectivity index (χ3v) is 9.79. The lowest BCUT2D eigenvalue weighted by molar-refractivity contribution is -0.154. The number of ketones is 1. The molecule has 13 nitrogen and oxygen atoms in total. The SMILES string of the molecule is CC(C)(CNC(=O)C(=O)Nc1cccc2c1-c1ccccc1C2=O)CNC(=O)c1ccc(Nc2nc(NC3(c4ccc(Cl)cc4)CC3)nc(OCC(F)(F)F)n2)cc1. The van der Waals surface area contributed by atoms with E-state index in [-0.39, 0.29) is 30.8 Å². The molecule has 0 radical (unpaired) electrons. The average Bonchev–Trinajstić information content (AvgIpc) is 3.91. The van der Waals surface area contributed by atoms with E-state index in [2.05, 4.69) is 41.5 Å². The van der Waals surface area contributed by atoms with Gasteiger partial charge in [-0.1, -0.05) is 74.0 Å². The molecule has 1 saturated carbocycles. The Bertz CT molecular complexity index is 2410. The maximum atomic E-state index is 13.1. The molecule has 0 unspecified atom stereocenters. The van der Waals surface area contributed by atoms with Crippen LogP contribution < -0.4 is 31.3 Å². The van der Waals surface area contributed by atoms with Crippen molar-refractivity contribution in [3.8, 4) is 17.1 Å². The van der Waals surface area contributed by atoms with Gasteiger partial charge in [-0.3, -0.25) is 19.2 Å². The number of nitrogens with zero attached hydrogens (tertiary/aromatic N) is 3. The number of halogens is 4. The van der Waals surface area contributed by atoms with E-state index in [0.29, 0.717) is 44.2 Å². The fraction of sp³-hybridized carbons (Fsp3) is 0.244. The molecule has 298 valence electrons. The van der Waals surface area contributed by atoms with Crippen molar-refractivity contribution in [1.82, 2.24) is 25.6 Å². The molecule has 58 heavy (non-hydrogen) atoms. The number of ether oxygens (including phenoxy) is 1. The number of hydrogen-bond acceptors (Lipinski definition) is 10. The van der Waals surface area contributed by atoms with Crippen LogP contribution in [0.2, 0.25) is 5.02 Å². The monoisotopic (exact) mass is 812 g/mol. The van der Waals surface area contributed by atoms with E-state index in [1.807, 2.05) is 12.1 Å². The first-order chi connectivity index (χ1) is 27.6. The summed E-state index contributed by atoms with van der Waals surface area (Å²) in [4.78, 5) is 64.0. The lowest BCUT2D eigenvalue weighted by atomic mass is 9.93. The van der Waals surface area contributed by atoms with Crippen molar-refractivity contribution < 1.29 is 37.1 Å². The van der Waals surface area contributed by atoms with Crippen molar-refractivity contribution in [3.63, 3.8) is 0 Å². The first-order valence-corrected chi connectivity index (χ1v) is 18.5. The number of alkyl halides is 3. The highest BCUT2D eigenvalue weighted by molar-refractivity contribution is 6.40. The van der Waals surface area contributed by atoms with E-state index >= 15 is 0 Å². The van der Waals surface area contributed by atoms with Crippen LogP contribution in [0.5, 0.6) is 6.01 Å². The standard InChI is InChI=1S/C41H36ClF3N8O5/c1-39(2,21-47-34(56)35(57)49-30-9-5-8-29-31(30)27-6-3-4-7-28(27)32(29)54)20-46-33(55)23-10-16-26(17-11-23)48-36-50-37(52-38(51-36)58-22-41(43,44)45)53-40(18-19-40)24-12-14-25(42)15-13-24/h3-17H,18-22H2,1-2H3,(H,46,55)(H,47,56)(H,49,57)(H2,48,50,51,52,53). The molecule has 0 spiro atoms.